The lowest BCUT2D eigenvalue weighted by Crippen LogP contribution is -2.43. The maximum Gasteiger partial charge on any atom is 0.416 e. The average molecular weight is 476 g/mol. The molecule has 0 spiro atoms. The number of oxime groups is 1. The molecule has 2 aromatic carbocycles. The first-order valence-corrected chi connectivity index (χ1v) is 10.6. The van der Waals surface area contributed by atoms with E-state index < -0.39 is 11.7 Å². The lowest BCUT2D eigenvalue weighted by Gasteiger charge is -2.25. The maximum absolute atomic E-state index is 13.1. The fourth-order valence-electron chi connectivity index (χ4n) is 3.58. The van der Waals surface area contributed by atoms with Crippen molar-refractivity contribution in [3.05, 3.63) is 87.7 Å². The topological polar surface area (TPSA) is 55.7 Å². The number of aromatic nitrogens is 1. The molecule has 0 saturated carbocycles. The van der Waals surface area contributed by atoms with Crippen molar-refractivity contribution >= 4 is 17.4 Å². The molecule has 5 nitrogen and oxygen atoms in total. The predicted octanol–water partition coefficient (Wildman–Crippen LogP) is 6.06. The lowest BCUT2D eigenvalue weighted by molar-refractivity contribution is -0.137. The van der Waals surface area contributed by atoms with Gasteiger partial charge in [0.2, 0.25) is 0 Å². The quantitative estimate of drug-likeness (QED) is 0.456. The van der Waals surface area contributed by atoms with E-state index in [0.29, 0.717) is 24.4 Å². The van der Waals surface area contributed by atoms with Crippen molar-refractivity contribution in [2.45, 2.75) is 32.5 Å². The third kappa shape index (κ3) is 5.57. The first-order valence-electron chi connectivity index (χ1n) is 10.2. The maximum atomic E-state index is 13.1. The number of amidine groups is 1. The molecule has 1 aromatic heterocycles. The number of hydrogen-bond acceptors (Lipinski definition) is 5. The van der Waals surface area contributed by atoms with Gasteiger partial charge in [0.1, 0.15) is 17.5 Å². The van der Waals surface area contributed by atoms with Crippen molar-refractivity contribution in [2.24, 2.45) is 5.16 Å². The van der Waals surface area contributed by atoms with E-state index >= 15 is 0 Å². The molecule has 33 heavy (non-hydrogen) atoms. The first-order chi connectivity index (χ1) is 15.7. The molecule has 0 amide bonds. The smallest absolute Gasteiger partial charge is 0.416 e. The van der Waals surface area contributed by atoms with Crippen LogP contribution in [0.25, 0.3) is 0 Å². The van der Waals surface area contributed by atoms with Gasteiger partial charge in [0, 0.05) is 0 Å². The van der Waals surface area contributed by atoms with E-state index in [1.54, 1.807) is 0 Å². The van der Waals surface area contributed by atoms with E-state index in [1.165, 1.54) is 41.1 Å². The number of hydrogen-bond donors (Lipinski definition) is 1. The number of rotatable bonds is 5. The van der Waals surface area contributed by atoms with Crippen LogP contribution in [0.3, 0.4) is 0 Å². The predicted molar refractivity (Wildman–Crippen MR) is 120 cm³/mol. The zero-order chi connectivity index (χ0) is 23.6. The second kappa shape index (κ2) is 9.31. The van der Waals surface area contributed by atoms with Gasteiger partial charge in [-0.15, -0.1) is 0 Å². The summed E-state index contributed by atoms with van der Waals surface area (Å²) in [5.41, 5.74) is 3.16. The SMILES string of the molecule is Cc1ccc(C[C@@H]2CON=C(c3cc(Cl)ncc3Oc3cccc(C(F)(F)F)c3)N2)c(C)c1. The second-order valence-corrected chi connectivity index (χ2v) is 8.23. The molecule has 0 saturated heterocycles. The van der Waals surface area contributed by atoms with E-state index in [0.717, 1.165) is 12.1 Å². The molecular formula is C24H21ClF3N3O2. The van der Waals surface area contributed by atoms with Crippen LogP contribution >= 0.6 is 11.6 Å². The number of nitrogens with zero attached hydrogens (tertiary/aromatic N) is 2. The Labute approximate surface area is 194 Å². The summed E-state index contributed by atoms with van der Waals surface area (Å²) < 4.78 is 45.0. The van der Waals surface area contributed by atoms with Gasteiger partial charge in [-0.1, -0.05) is 46.6 Å². The van der Waals surface area contributed by atoms with Crippen LogP contribution in [-0.4, -0.2) is 23.5 Å². The first kappa shape index (κ1) is 22.9. The van der Waals surface area contributed by atoms with E-state index in [2.05, 4.69) is 40.6 Å². The van der Waals surface area contributed by atoms with Crippen molar-refractivity contribution in [1.82, 2.24) is 10.3 Å². The Hall–Kier alpha value is -3.26. The van der Waals surface area contributed by atoms with Crippen molar-refractivity contribution in [3.63, 3.8) is 0 Å². The van der Waals surface area contributed by atoms with Gasteiger partial charge >= 0.3 is 6.18 Å². The van der Waals surface area contributed by atoms with Gasteiger partial charge in [-0.3, -0.25) is 0 Å². The molecule has 0 unspecified atom stereocenters. The summed E-state index contributed by atoms with van der Waals surface area (Å²) in [5, 5.41) is 7.60. The summed E-state index contributed by atoms with van der Waals surface area (Å²) in [6.45, 7) is 4.47. The molecule has 0 aliphatic carbocycles. The molecule has 2 heterocycles. The Kier molecular flexibility index (Phi) is 6.47. The number of halogens is 4. The summed E-state index contributed by atoms with van der Waals surface area (Å²) in [4.78, 5) is 9.45. The van der Waals surface area contributed by atoms with Crippen LogP contribution in [0.15, 0.2) is 59.9 Å². The molecule has 3 aromatic rings. The number of alkyl halides is 3. The highest BCUT2D eigenvalue weighted by atomic mass is 35.5. The van der Waals surface area contributed by atoms with Gasteiger partial charge in [-0.2, -0.15) is 13.2 Å². The van der Waals surface area contributed by atoms with Gasteiger partial charge in [0.15, 0.2) is 11.6 Å². The van der Waals surface area contributed by atoms with Crippen molar-refractivity contribution in [1.29, 1.82) is 0 Å². The van der Waals surface area contributed by atoms with E-state index in [-0.39, 0.29) is 22.7 Å². The van der Waals surface area contributed by atoms with Crippen LogP contribution in [-0.2, 0) is 17.4 Å². The van der Waals surface area contributed by atoms with Crippen LogP contribution in [0.5, 0.6) is 11.5 Å². The molecule has 4 rings (SSSR count). The summed E-state index contributed by atoms with van der Waals surface area (Å²) in [6.07, 6.45) is -2.44. The zero-order valence-electron chi connectivity index (χ0n) is 17.9. The molecule has 0 fully saturated rings. The molecule has 0 radical (unpaired) electrons. The van der Waals surface area contributed by atoms with Gasteiger partial charge in [-0.25, -0.2) is 4.98 Å². The van der Waals surface area contributed by atoms with Crippen molar-refractivity contribution in [2.75, 3.05) is 6.61 Å². The van der Waals surface area contributed by atoms with Gasteiger partial charge in [0.25, 0.3) is 0 Å². The van der Waals surface area contributed by atoms with E-state index in [9.17, 15) is 13.2 Å². The number of pyridine rings is 1. The average Bonchev–Trinajstić information content (AvgIpc) is 2.77. The Balaban J connectivity index is 1.58. The molecule has 9 heteroatoms. The molecule has 1 aliphatic rings. The summed E-state index contributed by atoms with van der Waals surface area (Å²) >= 11 is 6.09. The molecule has 1 aliphatic heterocycles. The van der Waals surface area contributed by atoms with Crippen molar-refractivity contribution < 1.29 is 22.7 Å². The summed E-state index contributed by atoms with van der Waals surface area (Å²) in [7, 11) is 0. The molecule has 1 atom stereocenters. The highest BCUT2D eigenvalue weighted by Crippen LogP contribution is 2.34. The van der Waals surface area contributed by atoms with E-state index in [4.69, 9.17) is 21.2 Å². The highest BCUT2D eigenvalue weighted by molar-refractivity contribution is 6.29. The van der Waals surface area contributed by atoms with Gasteiger partial charge in [-0.05, 0) is 55.7 Å². The monoisotopic (exact) mass is 475 g/mol. The fraction of sp³-hybridized carbons (Fsp3) is 0.250. The largest absolute Gasteiger partial charge is 0.455 e. The van der Waals surface area contributed by atoms with Gasteiger partial charge in [0.05, 0.1) is 23.4 Å². The molecule has 1 N–H and O–H groups in total. The third-order valence-corrected chi connectivity index (χ3v) is 5.42. The zero-order valence-corrected chi connectivity index (χ0v) is 18.7. The van der Waals surface area contributed by atoms with Gasteiger partial charge < -0.3 is 14.9 Å². The summed E-state index contributed by atoms with van der Waals surface area (Å²) in [6, 6.07) is 12.3. The molecule has 0 bridgehead atoms. The van der Waals surface area contributed by atoms with Crippen LogP contribution in [0, 0.1) is 13.8 Å². The summed E-state index contributed by atoms with van der Waals surface area (Å²) in [5.74, 6) is 0.572. The number of ether oxygens (including phenoxy) is 1. The van der Waals surface area contributed by atoms with Crippen LogP contribution < -0.4 is 10.1 Å². The minimum absolute atomic E-state index is 0.0133. The number of benzene rings is 2. The normalized spacial score (nSPS) is 15.9. The fourth-order valence-corrected chi connectivity index (χ4v) is 3.73. The molecule has 172 valence electrons. The molecular weight excluding hydrogens is 455 g/mol. The van der Waals surface area contributed by atoms with Crippen LogP contribution in [0.4, 0.5) is 13.2 Å². The highest BCUT2D eigenvalue weighted by Gasteiger charge is 2.31. The van der Waals surface area contributed by atoms with Crippen molar-refractivity contribution in [3.8, 4) is 11.5 Å². The Morgan fingerprint density at radius 1 is 1.15 bits per heavy atom. The Morgan fingerprint density at radius 2 is 1.97 bits per heavy atom. The lowest BCUT2D eigenvalue weighted by atomic mass is 9.99. The minimum atomic E-state index is -4.48. The third-order valence-electron chi connectivity index (χ3n) is 5.22. The second-order valence-electron chi connectivity index (χ2n) is 7.84. The minimum Gasteiger partial charge on any atom is -0.455 e. The number of nitrogens with one attached hydrogen (secondary N) is 1. The Morgan fingerprint density at radius 3 is 2.73 bits per heavy atom. The standard InChI is InChI=1S/C24H21ClF3N3O2/c1-14-6-7-16(15(2)8-14)9-18-13-32-31-23(30-18)20-11-22(25)29-12-21(20)33-19-5-3-4-17(10-19)24(26,27)28/h3-8,10-12,18H,9,13H2,1-2H3,(H,30,31)/t18-/m1/s1. The van der Waals surface area contributed by atoms with E-state index in [1.807, 2.05) is 6.92 Å². The van der Waals surface area contributed by atoms with Crippen LogP contribution in [0.2, 0.25) is 5.15 Å². The number of aryl methyl sites for hydroxylation is 2. The Bertz CT molecular complexity index is 1200. The van der Waals surface area contributed by atoms with Crippen LogP contribution in [0.1, 0.15) is 27.8 Å².